The smallest absolute Gasteiger partial charge is 0.306 e. The van der Waals surface area contributed by atoms with E-state index in [4.69, 9.17) is 14.2 Å². The Bertz CT molecular complexity index is 1250. The topological polar surface area (TPSA) is 78.9 Å². The molecule has 440 valence electrons. The van der Waals surface area contributed by atoms with E-state index in [-0.39, 0.29) is 31.1 Å². The van der Waals surface area contributed by atoms with Crippen LogP contribution in [0.25, 0.3) is 0 Å². The molecule has 0 unspecified atom stereocenters. The first-order valence-corrected chi connectivity index (χ1v) is 33.5. The molecular weight excluding hydrogens is 925 g/mol. The zero-order valence-corrected chi connectivity index (χ0v) is 50.6. The van der Waals surface area contributed by atoms with Crippen molar-refractivity contribution >= 4 is 17.9 Å². The molecule has 0 saturated carbocycles. The van der Waals surface area contributed by atoms with Crippen LogP contribution in [0.5, 0.6) is 0 Å². The van der Waals surface area contributed by atoms with Crippen LogP contribution in [0.1, 0.15) is 367 Å². The van der Waals surface area contributed by atoms with Crippen molar-refractivity contribution in [3.63, 3.8) is 0 Å². The molecule has 0 bridgehead atoms. The molecule has 0 radical (unpaired) electrons. The first-order chi connectivity index (χ1) is 37.0. The van der Waals surface area contributed by atoms with Gasteiger partial charge in [0.05, 0.1) is 0 Å². The first kappa shape index (κ1) is 72.6. The lowest BCUT2D eigenvalue weighted by atomic mass is 10.0. The average molecular weight is 1050 g/mol. The molecule has 0 aliphatic carbocycles. The average Bonchev–Trinajstić information content (AvgIpc) is 3.41. The highest BCUT2D eigenvalue weighted by atomic mass is 16.6. The third-order valence-electron chi connectivity index (χ3n) is 15.1. The van der Waals surface area contributed by atoms with Crippen LogP contribution in [0.2, 0.25) is 0 Å². The fourth-order valence-electron chi connectivity index (χ4n) is 10.1. The summed E-state index contributed by atoms with van der Waals surface area (Å²) in [7, 11) is 0. The van der Waals surface area contributed by atoms with E-state index < -0.39 is 6.10 Å². The largest absolute Gasteiger partial charge is 0.462 e. The van der Waals surface area contributed by atoms with Crippen LogP contribution in [-0.4, -0.2) is 37.2 Å². The summed E-state index contributed by atoms with van der Waals surface area (Å²) in [4.78, 5) is 38.4. The van der Waals surface area contributed by atoms with E-state index in [1.807, 2.05) is 0 Å². The molecule has 0 aromatic rings. The fourth-order valence-corrected chi connectivity index (χ4v) is 10.1. The van der Waals surface area contributed by atoms with Gasteiger partial charge >= 0.3 is 17.9 Å². The Morgan fingerprint density at radius 3 is 0.773 bits per heavy atom. The molecular formula is C69H128O6. The van der Waals surface area contributed by atoms with Gasteiger partial charge in [-0.2, -0.15) is 0 Å². The summed E-state index contributed by atoms with van der Waals surface area (Å²) in [5, 5.41) is 0. The molecule has 0 aromatic heterocycles. The maximum Gasteiger partial charge on any atom is 0.306 e. The second kappa shape index (κ2) is 64.2. The maximum atomic E-state index is 12.9. The van der Waals surface area contributed by atoms with E-state index in [2.05, 4.69) is 57.2 Å². The van der Waals surface area contributed by atoms with Gasteiger partial charge in [-0.3, -0.25) is 14.4 Å². The molecule has 0 spiro atoms. The van der Waals surface area contributed by atoms with E-state index in [1.165, 1.54) is 263 Å². The van der Waals surface area contributed by atoms with Crippen molar-refractivity contribution in [1.29, 1.82) is 0 Å². The third kappa shape index (κ3) is 62.4. The van der Waals surface area contributed by atoms with Gasteiger partial charge in [0.2, 0.25) is 0 Å². The molecule has 6 heteroatoms. The molecule has 0 fully saturated rings. The predicted octanol–water partition coefficient (Wildman–Crippen LogP) is 22.8. The van der Waals surface area contributed by atoms with Gasteiger partial charge in [0, 0.05) is 19.3 Å². The highest BCUT2D eigenvalue weighted by Crippen LogP contribution is 2.18. The molecule has 0 saturated heterocycles. The van der Waals surface area contributed by atoms with E-state index in [0.717, 1.165) is 64.2 Å². The molecule has 0 rings (SSSR count). The van der Waals surface area contributed by atoms with E-state index in [0.29, 0.717) is 19.3 Å². The third-order valence-corrected chi connectivity index (χ3v) is 15.1. The Morgan fingerprint density at radius 2 is 0.480 bits per heavy atom. The normalized spacial score (nSPS) is 12.2. The fraction of sp³-hybridized carbons (Fsp3) is 0.870. The van der Waals surface area contributed by atoms with Gasteiger partial charge in [0.1, 0.15) is 13.2 Å². The zero-order chi connectivity index (χ0) is 54.3. The van der Waals surface area contributed by atoms with Crippen molar-refractivity contribution < 1.29 is 28.6 Å². The van der Waals surface area contributed by atoms with Crippen LogP contribution in [-0.2, 0) is 28.6 Å². The van der Waals surface area contributed by atoms with Gasteiger partial charge in [-0.05, 0) is 77.0 Å². The van der Waals surface area contributed by atoms with Crippen LogP contribution in [0.15, 0.2) is 36.5 Å². The van der Waals surface area contributed by atoms with Crippen molar-refractivity contribution in [2.45, 2.75) is 374 Å². The van der Waals surface area contributed by atoms with Crippen LogP contribution in [0.4, 0.5) is 0 Å². The lowest BCUT2D eigenvalue weighted by Gasteiger charge is -2.18. The monoisotopic (exact) mass is 1050 g/mol. The highest BCUT2D eigenvalue weighted by Gasteiger charge is 2.19. The molecule has 0 amide bonds. The second-order valence-corrected chi connectivity index (χ2v) is 22.7. The molecule has 0 aromatic carbocycles. The van der Waals surface area contributed by atoms with Crippen LogP contribution < -0.4 is 0 Å². The summed E-state index contributed by atoms with van der Waals surface area (Å²) in [5.41, 5.74) is 0. The van der Waals surface area contributed by atoms with E-state index in [1.54, 1.807) is 0 Å². The van der Waals surface area contributed by atoms with Crippen molar-refractivity contribution in [3.8, 4) is 0 Å². The number of hydrogen-bond donors (Lipinski definition) is 0. The number of hydrogen-bond acceptors (Lipinski definition) is 6. The molecule has 0 heterocycles. The van der Waals surface area contributed by atoms with E-state index in [9.17, 15) is 14.4 Å². The quantitative estimate of drug-likeness (QED) is 0.0261. The summed E-state index contributed by atoms with van der Waals surface area (Å²) in [5.74, 6) is -0.846. The lowest BCUT2D eigenvalue weighted by Crippen LogP contribution is -2.30. The van der Waals surface area contributed by atoms with Gasteiger partial charge in [0.15, 0.2) is 6.10 Å². The number of carbonyl (C=O) groups excluding carboxylic acids is 3. The first-order valence-electron chi connectivity index (χ1n) is 33.5. The molecule has 75 heavy (non-hydrogen) atoms. The minimum absolute atomic E-state index is 0.0690. The van der Waals surface area contributed by atoms with Crippen LogP contribution in [0, 0.1) is 0 Å². The summed E-state index contributed by atoms with van der Waals surface area (Å²) in [6.07, 6.45) is 78.6. The Balaban J connectivity index is 4.32. The van der Waals surface area contributed by atoms with E-state index >= 15 is 0 Å². The molecule has 6 nitrogen and oxygen atoms in total. The minimum Gasteiger partial charge on any atom is -0.462 e. The minimum atomic E-state index is -0.772. The molecule has 1 atom stereocenters. The molecule has 0 aliphatic rings. The summed E-state index contributed by atoms with van der Waals surface area (Å²) >= 11 is 0. The highest BCUT2D eigenvalue weighted by molar-refractivity contribution is 5.71. The van der Waals surface area contributed by atoms with Crippen LogP contribution >= 0.6 is 0 Å². The SMILES string of the molecule is CCCCC/C=C\C/C=C\CCCCCCCCCCCC(=O)OC[C@H](COC(=O)CCCCCCCCCCCCC/C=C\CCCCCCCC)OC(=O)CCCCCCCCCCCCCCCCCCC. The van der Waals surface area contributed by atoms with Gasteiger partial charge in [-0.15, -0.1) is 0 Å². The van der Waals surface area contributed by atoms with Gasteiger partial charge in [-0.1, -0.05) is 308 Å². The Labute approximate surface area is 467 Å². The zero-order valence-electron chi connectivity index (χ0n) is 50.6. The summed E-state index contributed by atoms with van der Waals surface area (Å²) < 4.78 is 17.0. The Kier molecular flexibility index (Phi) is 62.1. The van der Waals surface area contributed by atoms with Crippen LogP contribution in [0.3, 0.4) is 0 Å². The maximum absolute atomic E-state index is 12.9. The molecule has 0 N–H and O–H groups in total. The lowest BCUT2D eigenvalue weighted by molar-refractivity contribution is -0.167. The number of ether oxygens (including phenoxy) is 3. The number of carbonyl (C=O) groups is 3. The Hall–Kier alpha value is -2.37. The van der Waals surface area contributed by atoms with Crippen molar-refractivity contribution in [2.24, 2.45) is 0 Å². The Morgan fingerprint density at radius 1 is 0.267 bits per heavy atom. The predicted molar refractivity (Wildman–Crippen MR) is 326 cm³/mol. The number of esters is 3. The summed E-state index contributed by atoms with van der Waals surface area (Å²) in [6, 6.07) is 0. The summed E-state index contributed by atoms with van der Waals surface area (Å²) in [6.45, 7) is 6.68. The van der Waals surface area contributed by atoms with Gasteiger partial charge in [0.25, 0.3) is 0 Å². The number of allylic oxidation sites excluding steroid dienone is 6. The second-order valence-electron chi connectivity index (χ2n) is 22.7. The van der Waals surface area contributed by atoms with Crippen molar-refractivity contribution in [1.82, 2.24) is 0 Å². The van der Waals surface area contributed by atoms with Crippen molar-refractivity contribution in [3.05, 3.63) is 36.5 Å². The standard InChI is InChI=1S/C69H128O6/c1-4-7-10-13-16-19-22-25-28-31-33-34-36-39-41-44-47-50-53-56-59-62-68(71)74-65-66(75-69(72)63-60-57-54-51-48-45-42-37-30-27-24-21-18-15-12-9-6-3)64-73-67(70)61-58-55-52-49-46-43-40-38-35-32-29-26-23-20-17-14-11-8-5-2/h17,20,25-26,28-29,66H,4-16,18-19,21-24,27,30-65H2,1-3H3/b20-17-,28-25-,29-26-/t66-/m1/s1. The number of unbranched alkanes of at least 4 members (excludes halogenated alkanes) is 45. The molecule has 0 aliphatic heterocycles. The number of rotatable bonds is 62. The van der Waals surface area contributed by atoms with Gasteiger partial charge in [-0.25, -0.2) is 0 Å². The van der Waals surface area contributed by atoms with Crippen molar-refractivity contribution in [2.75, 3.05) is 13.2 Å². The van der Waals surface area contributed by atoms with Gasteiger partial charge < -0.3 is 14.2 Å².